The van der Waals surface area contributed by atoms with Crippen LogP contribution >= 0.6 is 34.8 Å². The molecule has 76 valence electrons. The molecular weight excluding hydrogens is 234 g/mol. The number of alkyl halides is 3. The number of ether oxygens (including phenoxy) is 1. The molecule has 0 aromatic rings. The highest BCUT2D eigenvalue weighted by Crippen LogP contribution is 2.39. The Balaban J connectivity index is 2.76. The summed E-state index contributed by atoms with van der Waals surface area (Å²) in [5, 5.41) is 0. The number of carbonyl (C=O) groups is 1. The quantitative estimate of drug-likeness (QED) is 0.484. The van der Waals surface area contributed by atoms with E-state index in [0.717, 1.165) is 12.8 Å². The summed E-state index contributed by atoms with van der Waals surface area (Å²) in [6, 6.07) is 0. The molecule has 2 nitrogen and oxygen atoms in total. The Morgan fingerprint density at radius 1 is 1.38 bits per heavy atom. The van der Waals surface area contributed by atoms with Crippen LogP contribution in [0.3, 0.4) is 0 Å². The van der Waals surface area contributed by atoms with E-state index in [2.05, 4.69) is 0 Å². The van der Waals surface area contributed by atoms with Gasteiger partial charge in [-0.15, -0.1) is 11.6 Å². The second-order valence-electron chi connectivity index (χ2n) is 3.53. The molecule has 0 aromatic heterocycles. The Morgan fingerprint density at radius 2 is 2.00 bits per heavy atom. The number of esters is 1. The molecule has 1 aliphatic rings. The van der Waals surface area contributed by atoms with Gasteiger partial charge in [0.25, 0.3) is 0 Å². The van der Waals surface area contributed by atoms with E-state index in [9.17, 15) is 4.79 Å². The molecule has 1 atom stereocenters. The fourth-order valence-electron chi connectivity index (χ4n) is 1.33. The Hall–Kier alpha value is 0.340. The van der Waals surface area contributed by atoms with Gasteiger partial charge in [0, 0.05) is 11.3 Å². The first-order valence-electron chi connectivity index (χ1n) is 4.07. The lowest BCUT2D eigenvalue weighted by Crippen LogP contribution is -2.38. The minimum Gasteiger partial charge on any atom is -0.463 e. The van der Waals surface area contributed by atoms with Crippen molar-refractivity contribution in [2.24, 2.45) is 0 Å². The van der Waals surface area contributed by atoms with Gasteiger partial charge in [-0.2, -0.15) is 0 Å². The summed E-state index contributed by atoms with van der Waals surface area (Å²) in [6.07, 6.45) is 1.70. The van der Waals surface area contributed by atoms with Crippen LogP contribution in [-0.4, -0.2) is 21.8 Å². The molecule has 0 aliphatic carbocycles. The smallest absolute Gasteiger partial charge is 0.342 e. The highest BCUT2D eigenvalue weighted by Gasteiger charge is 2.43. The van der Waals surface area contributed by atoms with Crippen LogP contribution in [0.15, 0.2) is 0 Å². The Morgan fingerprint density at radius 3 is 2.62 bits per heavy atom. The Labute approximate surface area is 92.5 Å². The van der Waals surface area contributed by atoms with Crippen LogP contribution in [0.25, 0.3) is 0 Å². The standard InChI is InChI=1S/C8H11Cl3O2/c1-7(9)3-2-4-13-6(12)8(10,11)5-7/h2-5H2,1H3. The van der Waals surface area contributed by atoms with Gasteiger partial charge in [-0.05, 0) is 19.8 Å². The number of hydrogen-bond acceptors (Lipinski definition) is 2. The zero-order valence-corrected chi connectivity index (χ0v) is 9.55. The van der Waals surface area contributed by atoms with Crippen molar-refractivity contribution >= 4 is 40.8 Å². The van der Waals surface area contributed by atoms with Crippen molar-refractivity contribution < 1.29 is 9.53 Å². The van der Waals surface area contributed by atoms with E-state index in [-0.39, 0.29) is 6.42 Å². The molecule has 0 radical (unpaired) electrons. The van der Waals surface area contributed by atoms with Crippen molar-refractivity contribution in [1.29, 1.82) is 0 Å². The average Bonchev–Trinajstić information content (AvgIpc) is 1.94. The molecule has 13 heavy (non-hydrogen) atoms. The molecule has 0 saturated carbocycles. The highest BCUT2D eigenvalue weighted by molar-refractivity contribution is 6.57. The summed E-state index contributed by atoms with van der Waals surface area (Å²) < 4.78 is 3.33. The minimum atomic E-state index is -1.50. The van der Waals surface area contributed by atoms with Crippen LogP contribution in [0.1, 0.15) is 26.2 Å². The van der Waals surface area contributed by atoms with E-state index in [0.29, 0.717) is 6.61 Å². The predicted octanol–water partition coefficient (Wildman–Crippen LogP) is 2.88. The van der Waals surface area contributed by atoms with Crippen LogP contribution < -0.4 is 0 Å². The molecule has 1 unspecified atom stereocenters. The van der Waals surface area contributed by atoms with E-state index >= 15 is 0 Å². The second-order valence-corrected chi connectivity index (χ2v) is 5.93. The first-order valence-corrected chi connectivity index (χ1v) is 5.21. The van der Waals surface area contributed by atoms with E-state index in [1.807, 2.05) is 6.92 Å². The maximum Gasteiger partial charge on any atom is 0.342 e. The fraction of sp³-hybridized carbons (Fsp3) is 0.875. The molecule has 0 N–H and O–H groups in total. The molecule has 1 aliphatic heterocycles. The van der Waals surface area contributed by atoms with E-state index in [1.165, 1.54) is 0 Å². The third-order valence-corrected chi connectivity index (χ3v) is 2.86. The first kappa shape index (κ1) is 11.4. The summed E-state index contributed by atoms with van der Waals surface area (Å²) >= 11 is 17.7. The molecule has 1 heterocycles. The predicted molar refractivity (Wildman–Crippen MR) is 53.5 cm³/mol. The number of hydrogen-bond donors (Lipinski definition) is 0. The SMILES string of the molecule is CC1(Cl)CCCOC(=O)C(Cl)(Cl)C1. The Bertz CT molecular complexity index is 213. The topological polar surface area (TPSA) is 26.3 Å². The molecule has 0 bridgehead atoms. The van der Waals surface area contributed by atoms with Crippen molar-refractivity contribution in [1.82, 2.24) is 0 Å². The number of halogens is 3. The second kappa shape index (κ2) is 3.84. The normalized spacial score (nSPS) is 34.6. The molecule has 5 heteroatoms. The largest absolute Gasteiger partial charge is 0.463 e. The van der Waals surface area contributed by atoms with Gasteiger partial charge >= 0.3 is 5.97 Å². The Kier molecular flexibility index (Phi) is 3.37. The lowest BCUT2D eigenvalue weighted by Gasteiger charge is -2.30. The lowest BCUT2D eigenvalue weighted by molar-refractivity contribution is -0.145. The summed E-state index contributed by atoms with van der Waals surface area (Å²) in [4.78, 5) is 10.7. The molecular formula is C8H11Cl3O2. The summed E-state index contributed by atoms with van der Waals surface area (Å²) in [5.74, 6) is -0.595. The molecule has 1 rings (SSSR count). The van der Waals surface area contributed by atoms with Gasteiger partial charge in [-0.3, -0.25) is 0 Å². The maximum atomic E-state index is 11.2. The van der Waals surface area contributed by atoms with Gasteiger partial charge in [0.15, 0.2) is 0 Å². The van der Waals surface area contributed by atoms with Gasteiger partial charge in [-0.1, -0.05) is 23.2 Å². The van der Waals surface area contributed by atoms with Crippen molar-refractivity contribution in [2.45, 2.75) is 35.4 Å². The summed E-state index contributed by atoms with van der Waals surface area (Å²) in [6.45, 7) is 2.16. The zero-order chi connectivity index (χ0) is 10.1. The van der Waals surface area contributed by atoms with Crippen LogP contribution in [0.4, 0.5) is 0 Å². The minimum absolute atomic E-state index is 0.212. The average molecular weight is 246 g/mol. The molecule has 0 spiro atoms. The summed E-state index contributed by atoms with van der Waals surface area (Å²) in [7, 11) is 0. The van der Waals surface area contributed by atoms with Crippen molar-refractivity contribution in [3.63, 3.8) is 0 Å². The van der Waals surface area contributed by atoms with Gasteiger partial charge in [0.1, 0.15) is 0 Å². The molecule has 0 aromatic carbocycles. The van der Waals surface area contributed by atoms with Gasteiger partial charge < -0.3 is 4.74 Å². The number of carbonyl (C=O) groups excluding carboxylic acids is 1. The van der Waals surface area contributed by atoms with Gasteiger partial charge in [0.2, 0.25) is 4.33 Å². The van der Waals surface area contributed by atoms with Crippen LogP contribution in [0.2, 0.25) is 0 Å². The molecule has 1 saturated heterocycles. The zero-order valence-electron chi connectivity index (χ0n) is 7.28. The maximum absolute atomic E-state index is 11.2. The van der Waals surface area contributed by atoms with E-state index in [4.69, 9.17) is 39.5 Å². The third kappa shape index (κ3) is 3.19. The van der Waals surface area contributed by atoms with Crippen molar-refractivity contribution in [3.8, 4) is 0 Å². The van der Waals surface area contributed by atoms with Crippen molar-refractivity contribution in [3.05, 3.63) is 0 Å². The van der Waals surface area contributed by atoms with E-state index in [1.54, 1.807) is 0 Å². The fourth-order valence-corrected chi connectivity index (χ4v) is 2.50. The van der Waals surface area contributed by atoms with E-state index < -0.39 is 15.2 Å². The third-order valence-electron chi connectivity index (χ3n) is 1.96. The van der Waals surface area contributed by atoms with Crippen LogP contribution in [0, 0.1) is 0 Å². The first-order chi connectivity index (χ1) is 5.83. The van der Waals surface area contributed by atoms with Gasteiger partial charge in [-0.25, -0.2) is 4.79 Å². The molecule has 0 amide bonds. The van der Waals surface area contributed by atoms with Crippen molar-refractivity contribution in [2.75, 3.05) is 6.61 Å². The van der Waals surface area contributed by atoms with Gasteiger partial charge in [0.05, 0.1) is 6.61 Å². The number of rotatable bonds is 0. The van der Waals surface area contributed by atoms with Crippen LogP contribution in [-0.2, 0) is 9.53 Å². The molecule has 1 fully saturated rings. The summed E-state index contributed by atoms with van der Waals surface area (Å²) in [5.41, 5.74) is 0. The monoisotopic (exact) mass is 244 g/mol. The lowest BCUT2D eigenvalue weighted by atomic mass is 9.97. The highest BCUT2D eigenvalue weighted by atomic mass is 35.5. The van der Waals surface area contributed by atoms with Crippen LogP contribution in [0.5, 0.6) is 0 Å². The number of cyclic esters (lactones) is 1.